The third-order valence-electron chi connectivity index (χ3n) is 4.27. The van der Waals surface area contributed by atoms with Gasteiger partial charge < -0.3 is 20.1 Å². The lowest BCUT2D eigenvalue weighted by Crippen LogP contribution is -2.22. The normalized spacial score (nSPS) is 11.3. The van der Waals surface area contributed by atoms with Crippen molar-refractivity contribution >= 4 is 35.0 Å². The van der Waals surface area contributed by atoms with Gasteiger partial charge in [0.1, 0.15) is 11.5 Å². The van der Waals surface area contributed by atoms with Gasteiger partial charge in [-0.3, -0.25) is 9.59 Å². The van der Waals surface area contributed by atoms with Gasteiger partial charge in [-0.1, -0.05) is 24.3 Å². The summed E-state index contributed by atoms with van der Waals surface area (Å²) in [5, 5.41) is 5.38. The van der Waals surface area contributed by atoms with Crippen LogP contribution in [0, 0.1) is 0 Å². The molecule has 0 aliphatic heterocycles. The molecule has 1 unspecified atom stereocenters. The van der Waals surface area contributed by atoms with E-state index < -0.39 is 0 Å². The molecule has 0 saturated heterocycles. The number of nitrogens with one attached hydrogen (secondary N) is 2. The standard InChI is InChI=1S/C24H24N2O4S/c1-17(24(28)26-18-11-13-20(29-2)14-12-18)31-22-10-6-7-19(15-22)25-23(27)16-30-21-8-4-3-5-9-21/h3-15,17H,16H2,1-2H3,(H,25,27)(H,26,28). The number of carbonyl (C=O) groups excluding carboxylic acids is 2. The summed E-state index contributed by atoms with van der Waals surface area (Å²) in [7, 11) is 1.60. The molecule has 0 radical (unpaired) electrons. The Morgan fingerprint density at radius 3 is 2.32 bits per heavy atom. The van der Waals surface area contributed by atoms with Crippen LogP contribution in [0.15, 0.2) is 83.8 Å². The molecule has 2 N–H and O–H groups in total. The number of hydrogen-bond donors (Lipinski definition) is 2. The van der Waals surface area contributed by atoms with Crippen molar-refractivity contribution in [2.24, 2.45) is 0 Å². The van der Waals surface area contributed by atoms with Gasteiger partial charge in [-0.15, -0.1) is 11.8 Å². The van der Waals surface area contributed by atoms with E-state index in [2.05, 4.69) is 10.6 Å². The Morgan fingerprint density at radius 2 is 1.61 bits per heavy atom. The maximum Gasteiger partial charge on any atom is 0.262 e. The van der Waals surface area contributed by atoms with E-state index in [1.165, 1.54) is 11.8 Å². The molecule has 3 aromatic rings. The first-order chi connectivity index (χ1) is 15.0. The summed E-state index contributed by atoms with van der Waals surface area (Å²) >= 11 is 1.41. The topological polar surface area (TPSA) is 76.7 Å². The molecule has 0 spiro atoms. The zero-order valence-electron chi connectivity index (χ0n) is 17.3. The Morgan fingerprint density at radius 1 is 0.871 bits per heavy atom. The van der Waals surface area contributed by atoms with Crippen molar-refractivity contribution in [2.45, 2.75) is 17.1 Å². The first-order valence-corrected chi connectivity index (χ1v) is 10.6. The van der Waals surface area contributed by atoms with E-state index in [1.54, 1.807) is 49.6 Å². The lowest BCUT2D eigenvalue weighted by Gasteiger charge is -2.13. The maximum atomic E-state index is 12.5. The molecule has 7 heteroatoms. The first kappa shape index (κ1) is 22.2. The second kappa shape index (κ2) is 11.1. The average Bonchev–Trinajstić information content (AvgIpc) is 2.79. The summed E-state index contributed by atoms with van der Waals surface area (Å²) in [6, 6.07) is 23.7. The summed E-state index contributed by atoms with van der Waals surface area (Å²) in [6.07, 6.45) is 0. The van der Waals surface area contributed by atoms with Gasteiger partial charge in [0.25, 0.3) is 5.91 Å². The van der Waals surface area contributed by atoms with Crippen LogP contribution in [0.1, 0.15) is 6.92 Å². The summed E-state index contributed by atoms with van der Waals surface area (Å²) in [4.78, 5) is 25.5. The van der Waals surface area contributed by atoms with Crippen LogP contribution in [-0.2, 0) is 9.59 Å². The van der Waals surface area contributed by atoms with Crippen LogP contribution in [0.5, 0.6) is 11.5 Å². The number of thioether (sulfide) groups is 1. The summed E-state index contributed by atoms with van der Waals surface area (Å²) in [5.74, 6) is 1.00. The van der Waals surface area contributed by atoms with Gasteiger partial charge in [0.2, 0.25) is 5.91 Å². The molecule has 0 bridgehead atoms. The van der Waals surface area contributed by atoms with Crippen molar-refractivity contribution < 1.29 is 19.1 Å². The largest absolute Gasteiger partial charge is 0.497 e. The highest BCUT2D eigenvalue weighted by Crippen LogP contribution is 2.27. The molecule has 0 aliphatic rings. The van der Waals surface area contributed by atoms with Gasteiger partial charge in [-0.2, -0.15) is 0 Å². The van der Waals surface area contributed by atoms with Crippen LogP contribution in [0.3, 0.4) is 0 Å². The Hall–Kier alpha value is -3.45. The van der Waals surface area contributed by atoms with Crippen molar-refractivity contribution in [1.82, 2.24) is 0 Å². The zero-order valence-corrected chi connectivity index (χ0v) is 18.1. The van der Waals surface area contributed by atoms with Crippen LogP contribution in [0.25, 0.3) is 0 Å². The molecule has 2 amide bonds. The Kier molecular flexibility index (Phi) is 7.95. The van der Waals surface area contributed by atoms with Crippen LogP contribution in [-0.4, -0.2) is 30.8 Å². The summed E-state index contributed by atoms with van der Waals surface area (Å²) < 4.78 is 10.6. The summed E-state index contributed by atoms with van der Waals surface area (Å²) in [5.41, 5.74) is 1.35. The number of ether oxygens (including phenoxy) is 2. The van der Waals surface area contributed by atoms with Crippen molar-refractivity contribution in [3.63, 3.8) is 0 Å². The van der Waals surface area contributed by atoms with E-state index in [4.69, 9.17) is 9.47 Å². The van der Waals surface area contributed by atoms with Crippen LogP contribution < -0.4 is 20.1 Å². The fourth-order valence-corrected chi connectivity index (χ4v) is 3.61. The third kappa shape index (κ3) is 7.08. The van der Waals surface area contributed by atoms with Crippen molar-refractivity contribution in [2.75, 3.05) is 24.4 Å². The van der Waals surface area contributed by atoms with Crippen LogP contribution in [0.2, 0.25) is 0 Å². The highest BCUT2D eigenvalue weighted by Gasteiger charge is 2.15. The zero-order chi connectivity index (χ0) is 22.1. The van der Waals surface area contributed by atoms with Gasteiger partial charge in [-0.25, -0.2) is 0 Å². The molecule has 0 fully saturated rings. The molecule has 3 aromatic carbocycles. The fraction of sp³-hybridized carbons (Fsp3) is 0.167. The quantitative estimate of drug-likeness (QED) is 0.470. The van der Waals surface area contributed by atoms with E-state index >= 15 is 0 Å². The molecule has 1 atom stereocenters. The SMILES string of the molecule is COc1ccc(NC(=O)C(C)Sc2cccc(NC(=O)COc3ccccc3)c2)cc1. The minimum absolute atomic E-state index is 0.0813. The van der Waals surface area contributed by atoms with Crippen LogP contribution in [0.4, 0.5) is 11.4 Å². The number of benzene rings is 3. The number of carbonyl (C=O) groups is 2. The molecule has 6 nitrogen and oxygen atoms in total. The highest BCUT2D eigenvalue weighted by atomic mass is 32.2. The number of methoxy groups -OCH3 is 1. The molecule has 3 rings (SSSR count). The van der Waals surface area contributed by atoms with Crippen molar-refractivity contribution in [3.05, 3.63) is 78.9 Å². The second-order valence-electron chi connectivity index (χ2n) is 6.66. The van der Waals surface area contributed by atoms with Gasteiger partial charge in [-0.05, 0) is 61.5 Å². The van der Waals surface area contributed by atoms with Crippen molar-refractivity contribution in [3.8, 4) is 11.5 Å². The number of rotatable bonds is 9. The lowest BCUT2D eigenvalue weighted by molar-refractivity contribution is -0.118. The number of anilines is 2. The predicted molar refractivity (Wildman–Crippen MR) is 124 cm³/mol. The Bertz CT molecular complexity index is 1010. The monoisotopic (exact) mass is 436 g/mol. The van der Waals surface area contributed by atoms with E-state index in [1.807, 2.05) is 43.3 Å². The smallest absolute Gasteiger partial charge is 0.262 e. The molecule has 31 heavy (non-hydrogen) atoms. The highest BCUT2D eigenvalue weighted by molar-refractivity contribution is 8.00. The lowest BCUT2D eigenvalue weighted by atomic mass is 10.3. The molecule has 0 saturated carbocycles. The number of hydrogen-bond acceptors (Lipinski definition) is 5. The first-order valence-electron chi connectivity index (χ1n) is 9.73. The molecule has 160 valence electrons. The van der Waals surface area contributed by atoms with E-state index in [0.29, 0.717) is 17.1 Å². The van der Waals surface area contributed by atoms with Gasteiger partial charge in [0.05, 0.1) is 12.4 Å². The number of amides is 2. The molecule has 0 aliphatic carbocycles. The fourth-order valence-electron chi connectivity index (χ4n) is 2.69. The van der Waals surface area contributed by atoms with Gasteiger partial charge >= 0.3 is 0 Å². The van der Waals surface area contributed by atoms with Gasteiger partial charge in [0.15, 0.2) is 6.61 Å². The minimum atomic E-state index is -0.325. The molecule has 0 aromatic heterocycles. The van der Waals surface area contributed by atoms with Crippen LogP contribution >= 0.6 is 11.8 Å². The average molecular weight is 437 g/mol. The van der Waals surface area contributed by atoms with Gasteiger partial charge in [0, 0.05) is 16.3 Å². The summed E-state index contributed by atoms with van der Waals surface area (Å²) in [6.45, 7) is 1.75. The molecular formula is C24H24N2O4S. The predicted octanol–water partition coefficient (Wildman–Crippen LogP) is 4.83. The Balaban J connectivity index is 1.51. The maximum absolute atomic E-state index is 12.5. The Labute approximate surface area is 186 Å². The van der Waals surface area contributed by atoms with Crippen molar-refractivity contribution in [1.29, 1.82) is 0 Å². The third-order valence-corrected chi connectivity index (χ3v) is 5.36. The van der Waals surface area contributed by atoms with E-state index in [0.717, 1.165) is 10.6 Å². The molecule has 0 heterocycles. The molecular weight excluding hydrogens is 412 g/mol. The number of para-hydroxylation sites is 1. The van der Waals surface area contributed by atoms with E-state index in [-0.39, 0.29) is 23.7 Å². The second-order valence-corrected chi connectivity index (χ2v) is 8.07. The minimum Gasteiger partial charge on any atom is -0.497 e. The van der Waals surface area contributed by atoms with E-state index in [9.17, 15) is 9.59 Å².